The molecular weight excluding hydrogens is 353 g/mol. The van der Waals surface area contributed by atoms with Gasteiger partial charge in [0, 0.05) is 17.4 Å². The highest BCUT2D eigenvalue weighted by atomic mass is 127. The number of hydrogen-bond acceptors (Lipinski definition) is 3. The fourth-order valence-electron chi connectivity index (χ4n) is 2.32. The van der Waals surface area contributed by atoms with Gasteiger partial charge >= 0.3 is 6.03 Å². The van der Waals surface area contributed by atoms with Crippen molar-refractivity contribution < 1.29 is 9.59 Å². The lowest BCUT2D eigenvalue weighted by Gasteiger charge is -2.16. The van der Waals surface area contributed by atoms with Gasteiger partial charge in [0.25, 0.3) is 0 Å². The van der Waals surface area contributed by atoms with E-state index in [0.717, 1.165) is 25.0 Å². The summed E-state index contributed by atoms with van der Waals surface area (Å²) in [6, 6.07) is 0.552. The Morgan fingerprint density at radius 3 is 3.06 bits per heavy atom. The molecule has 3 unspecified atom stereocenters. The molecule has 3 amide bonds. The van der Waals surface area contributed by atoms with Crippen molar-refractivity contribution in [2.75, 3.05) is 5.75 Å². The smallest absolute Gasteiger partial charge is 0.315 e. The van der Waals surface area contributed by atoms with Gasteiger partial charge < -0.3 is 10.6 Å². The predicted molar refractivity (Wildman–Crippen MR) is 76.1 cm³/mol. The van der Waals surface area contributed by atoms with Gasteiger partial charge in [-0.15, -0.1) is 0 Å². The number of carbonyl (C=O) groups is 2. The van der Waals surface area contributed by atoms with Crippen LogP contribution in [0.1, 0.15) is 25.7 Å². The Bertz CT molecular complexity index is 316. The quantitative estimate of drug-likeness (QED) is 0.295. The molecular formula is C10H16IN3O2S. The van der Waals surface area contributed by atoms with E-state index in [1.54, 1.807) is 0 Å². The normalized spacial score (nSPS) is 30.6. The van der Waals surface area contributed by atoms with E-state index in [4.69, 9.17) is 0 Å². The third-order valence-electron chi connectivity index (χ3n) is 3.19. The van der Waals surface area contributed by atoms with Crippen LogP contribution in [-0.4, -0.2) is 35.0 Å². The number of rotatable bonds is 5. The molecule has 0 spiro atoms. The van der Waals surface area contributed by atoms with Crippen LogP contribution in [0.15, 0.2) is 0 Å². The van der Waals surface area contributed by atoms with Gasteiger partial charge in [-0.25, -0.2) is 4.79 Å². The average Bonchev–Trinajstić information content (AvgIpc) is 2.84. The Kier molecular flexibility index (Phi) is 4.78. The number of nitrogens with one attached hydrogen (secondary N) is 3. The van der Waals surface area contributed by atoms with E-state index in [1.807, 2.05) is 34.6 Å². The summed E-state index contributed by atoms with van der Waals surface area (Å²) in [5.74, 6) is 1.10. The minimum absolute atomic E-state index is 0.0328. The van der Waals surface area contributed by atoms with E-state index in [-0.39, 0.29) is 18.0 Å². The summed E-state index contributed by atoms with van der Waals surface area (Å²) in [5, 5.41) is 6.40. The second-order valence-corrected chi connectivity index (χ2v) is 6.20. The molecule has 3 N–H and O–H groups in total. The lowest BCUT2D eigenvalue weighted by Crippen LogP contribution is -2.36. The van der Waals surface area contributed by atoms with Crippen LogP contribution in [0.25, 0.3) is 0 Å². The number of hydrogen-bond donors (Lipinski definition) is 3. The van der Waals surface area contributed by atoms with E-state index >= 15 is 0 Å². The summed E-state index contributed by atoms with van der Waals surface area (Å²) < 4.78 is 2.60. The predicted octanol–water partition coefficient (Wildman–Crippen LogP) is 1.18. The van der Waals surface area contributed by atoms with E-state index in [1.165, 1.54) is 0 Å². The van der Waals surface area contributed by atoms with Gasteiger partial charge in [0.15, 0.2) is 0 Å². The summed E-state index contributed by atoms with van der Waals surface area (Å²) in [5.41, 5.74) is 0. The van der Waals surface area contributed by atoms with Gasteiger partial charge in [-0.2, -0.15) is 11.8 Å². The molecule has 96 valence electrons. The molecule has 2 heterocycles. The molecule has 2 aliphatic rings. The largest absolute Gasteiger partial charge is 0.332 e. The minimum Gasteiger partial charge on any atom is -0.332 e. The van der Waals surface area contributed by atoms with Crippen molar-refractivity contribution in [3.63, 3.8) is 0 Å². The zero-order valence-electron chi connectivity index (χ0n) is 9.37. The van der Waals surface area contributed by atoms with Gasteiger partial charge in [0.2, 0.25) is 5.91 Å². The molecule has 2 saturated heterocycles. The summed E-state index contributed by atoms with van der Waals surface area (Å²) in [7, 11) is 0. The molecule has 0 aromatic rings. The van der Waals surface area contributed by atoms with Crippen molar-refractivity contribution in [3.05, 3.63) is 0 Å². The van der Waals surface area contributed by atoms with Crippen LogP contribution >= 0.6 is 34.6 Å². The Morgan fingerprint density at radius 1 is 1.47 bits per heavy atom. The summed E-state index contributed by atoms with van der Waals surface area (Å²) in [6.45, 7) is 0. The van der Waals surface area contributed by atoms with E-state index < -0.39 is 0 Å². The molecule has 0 radical (unpaired) electrons. The monoisotopic (exact) mass is 369 g/mol. The fraction of sp³-hybridized carbons (Fsp3) is 0.800. The number of unbranched alkanes of at least 4 members (excludes halogenated alkanes) is 1. The highest BCUT2D eigenvalue weighted by Gasteiger charge is 2.42. The SMILES string of the molecule is O=C(CCCCC1SCC2NC(=O)NC21)NI. The second kappa shape index (κ2) is 6.12. The molecule has 7 heteroatoms. The lowest BCUT2D eigenvalue weighted by molar-refractivity contribution is -0.118. The molecule has 17 heavy (non-hydrogen) atoms. The first kappa shape index (κ1) is 13.3. The van der Waals surface area contributed by atoms with Crippen LogP contribution in [0.5, 0.6) is 0 Å². The first-order valence-electron chi connectivity index (χ1n) is 5.79. The highest BCUT2D eigenvalue weighted by Crippen LogP contribution is 2.33. The summed E-state index contributed by atoms with van der Waals surface area (Å²) in [6.07, 6.45) is 3.63. The van der Waals surface area contributed by atoms with Crippen LogP contribution in [0.2, 0.25) is 0 Å². The maximum atomic E-state index is 11.2. The number of thioether (sulfide) groups is 1. The van der Waals surface area contributed by atoms with Crippen LogP contribution in [-0.2, 0) is 4.79 Å². The molecule has 0 saturated carbocycles. The topological polar surface area (TPSA) is 70.2 Å². The maximum absolute atomic E-state index is 11.2. The highest BCUT2D eigenvalue weighted by molar-refractivity contribution is 14.1. The number of halogens is 1. The first-order valence-corrected chi connectivity index (χ1v) is 7.91. The molecule has 2 aliphatic heterocycles. The second-order valence-electron chi connectivity index (χ2n) is 4.39. The van der Waals surface area contributed by atoms with Gasteiger partial charge in [-0.05, 0) is 12.8 Å². The first-order chi connectivity index (χ1) is 8.20. The zero-order valence-corrected chi connectivity index (χ0v) is 12.3. The van der Waals surface area contributed by atoms with Gasteiger partial charge in [-0.3, -0.25) is 8.32 Å². The van der Waals surface area contributed by atoms with Gasteiger partial charge in [0.1, 0.15) is 0 Å². The molecule has 0 aromatic carbocycles. The van der Waals surface area contributed by atoms with E-state index in [0.29, 0.717) is 17.7 Å². The maximum Gasteiger partial charge on any atom is 0.315 e. The van der Waals surface area contributed by atoms with Crippen molar-refractivity contribution in [1.29, 1.82) is 0 Å². The van der Waals surface area contributed by atoms with Gasteiger partial charge in [-0.1, -0.05) is 6.42 Å². The number of amides is 3. The van der Waals surface area contributed by atoms with Crippen LogP contribution in [0.3, 0.4) is 0 Å². The molecule has 2 fully saturated rings. The molecule has 0 aromatic heterocycles. The number of carbonyl (C=O) groups excluding carboxylic acids is 2. The lowest BCUT2D eigenvalue weighted by atomic mass is 10.0. The van der Waals surface area contributed by atoms with Crippen LogP contribution in [0.4, 0.5) is 4.79 Å². The van der Waals surface area contributed by atoms with E-state index in [2.05, 4.69) is 14.2 Å². The Labute approximate surface area is 119 Å². The molecule has 0 bridgehead atoms. The number of urea groups is 1. The Hall–Kier alpha value is -0.180. The average molecular weight is 369 g/mol. The molecule has 2 rings (SSSR count). The molecule has 5 nitrogen and oxygen atoms in total. The van der Waals surface area contributed by atoms with Gasteiger partial charge in [0.05, 0.1) is 34.9 Å². The Morgan fingerprint density at radius 2 is 2.29 bits per heavy atom. The third kappa shape index (κ3) is 3.40. The van der Waals surface area contributed by atoms with Crippen molar-refractivity contribution >= 4 is 46.6 Å². The van der Waals surface area contributed by atoms with E-state index in [9.17, 15) is 9.59 Å². The Balaban J connectivity index is 1.66. The van der Waals surface area contributed by atoms with Crippen molar-refractivity contribution in [1.82, 2.24) is 14.2 Å². The van der Waals surface area contributed by atoms with Crippen molar-refractivity contribution in [2.45, 2.75) is 43.0 Å². The van der Waals surface area contributed by atoms with Crippen LogP contribution in [0, 0.1) is 0 Å². The standard InChI is InChI=1S/C10H16IN3O2S/c11-14-8(15)4-2-1-3-7-9-6(5-17-7)12-10(16)13-9/h6-7,9H,1-5H2,(H,14,15)(H2,12,13,16). The minimum atomic E-state index is -0.0328. The fourth-order valence-corrected chi connectivity index (χ4v) is 4.13. The van der Waals surface area contributed by atoms with Crippen LogP contribution < -0.4 is 14.2 Å². The molecule has 0 aliphatic carbocycles. The third-order valence-corrected chi connectivity index (χ3v) is 5.30. The summed E-state index contributed by atoms with van der Waals surface area (Å²) >= 11 is 3.79. The molecule has 3 atom stereocenters. The van der Waals surface area contributed by atoms with Crippen molar-refractivity contribution in [2.24, 2.45) is 0 Å². The summed E-state index contributed by atoms with van der Waals surface area (Å²) in [4.78, 5) is 22.2. The van der Waals surface area contributed by atoms with Crippen molar-refractivity contribution in [3.8, 4) is 0 Å². The number of fused-ring (bicyclic) bond motifs is 1. The zero-order chi connectivity index (χ0) is 12.3.